The van der Waals surface area contributed by atoms with Crippen molar-refractivity contribution >= 4 is 40.6 Å². The van der Waals surface area contributed by atoms with E-state index in [1.807, 2.05) is 0 Å². The summed E-state index contributed by atoms with van der Waals surface area (Å²) in [6, 6.07) is 1.68. The van der Waals surface area contributed by atoms with Gasteiger partial charge in [0.2, 0.25) is 17.7 Å². The third-order valence-electron chi connectivity index (χ3n) is 5.01. The molecule has 3 amide bonds. The maximum atomic E-state index is 12.7. The molecule has 1 aromatic heterocycles. The van der Waals surface area contributed by atoms with Gasteiger partial charge in [-0.15, -0.1) is 0 Å². The van der Waals surface area contributed by atoms with Gasteiger partial charge < -0.3 is 42.0 Å². The fraction of sp³-hybridized carbons (Fsp3) is 0.381. The molecule has 0 radical (unpaired) electrons. The van der Waals surface area contributed by atoms with E-state index < -0.39 is 66.9 Å². The Labute approximate surface area is 193 Å². The van der Waals surface area contributed by atoms with Crippen LogP contribution in [0.3, 0.4) is 0 Å². The molecular weight excluding hydrogens is 450 g/mol. The molecule has 0 aliphatic heterocycles. The number of carbonyl (C=O) groups excluding carboxylic acids is 3. The summed E-state index contributed by atoms with van der Waals surface area (Å²) in [5.41, 5.74) is 6.76. The van der Waals surface area contributed by atoms with Crippen LogP contribution in [-0.4, -0.2) is 80.7 Å². The number of aliphatic hydroxyl groups excluding tert-OH is 1. The van der Waals surface area contributed by atoms with Crippen LogP contribution in [0.1, 0.15) is 18.9 Å². The standard InChI is InChI=1S/C21H27N5O8/c1-10(24-19(31)13(22)9-27)18(30)25-15(7-17(28)29)20(32)26-16(21(33)34)6-11-8-23-14-5-3-2-4-12(11)14/h2-5,8,10,13,15-16,23,27H,6-7,9,22H2,1H3,(H,24,31)(H,25,30)(H,26,32)(H,28,29)(H,33,34). The summed E-state index contributed by atoms with van der Waals surface area (Å²) in [4.78, 5) is 62.8. The second kappa shape index (κ2) is 11.8. The average Bonchev–Trinajstić information content (AvgIpc) is 3.19. The SMILES string of the molecule is CC(NC(=O)C(N)CO)C(=O)NC(CC(=O)O)C(=O)NC(Cc1c[nH]c2ccccc12)C(=O)O. The minimum atomic E-state index is -1.61. The molecule has 2 rings (SSSR count). The molecular formula is C21H27N5O8. The molecule has 0 spiro atoms. The van der Waals surface area contributed by atoms with E-state index in [0.717, 1.165) is 10.9 Å². The van der Waals surface area contributed by atoms with E-state index >= 15 is 0 Å². The first kappa shape index (κ1) is 26.3. The van der Waals surface area contributed by atoms with Crippen molar-refractivity contribution in [2.45, 2.75) is 43.9 Å². The molecule has 0 aliphatic rings. The van der Waals surface area contributed by atoms with Crippen molar-refractivity contribution in [1.82, 2.24) is 20.9 Å². The van der Waals surface area contributed by atoms with Gasteiger partial charge in [-0.3, -0.25) is 19.2 Å². The highest BCUT2D eigenvalue weighted by Gasteiger charge is 2.30. The first-order valence-electron chi connectivity index (χ1n) is 10.3. The predicted molar refractivity (Wildman–Crippen MR) is 118 cm³/mol. The van der Waals surface area contributed by atoms with E-state index in [9.17, 15) is 29.1 Å². The fourth-order valence-electron chi connectivity index (χ4n) is 3.14. The van der Waals surface area contributed by atoms with E-state index in [2.05, 4.69) is 20.9 Å². The highest BCUT2D eigenvalue weighted by molar-refractivity contribution is 5.95. The first-order chi connectivity index (χ1) is 16.0. The van der Waals surface area contributed by atoms with E-state index in [-0.39, 0.29) is 6.42 Å². The van der Waals surface area contributed by atoms with Crippen LogP contribution < -0.4 is 21.7 Å². The number of amides is 3. The van der Waals surface area contributed by atoms with Gasteiger partial charge in [-0.05, 0) is 18.6 Å². The van der Waals surface area contributed by atoms with Gasteiger partial charge >= 0.3 is 11.9 Å². The van der Waals surface area contributed by atoms with Gasteiger partial charge in [-0.25, -0.2) is 4.79 Å². The lowest BCUT2D eigenvalue weighted by Crippen LogP contribution is -2.57. The van der Waals surface area contributed by atoms with Gasteiger partial charge in [0.05, 0.1) is 13.0 Å². The van der Waals surface area contributed by atoms with Crippen LogP contribution in [0.2, 0.25) is 0 Å². The van der Waals surface area contributed by atoms with Crippen LogP contribution in [-0.2, 0) is 30.4 Å². The lowest BCUT2D eigenvalue weighted by Gasteiger charge is -2.22. The molecule has 13 heteroatoms. The molecule has 0 saturated heterocycles. The molecule has 2 aromatic rings. The summed E-state index contributed by atoms with van der Waals surface area (Å²) < 4.78 is 0. The van der Waals surface area contributed by atoms with Crippen LogP contribution in [0.15, 0.2) is 30.5 Å². The molecule has 4 unspecified atom stereocenters. The van der Waals surface area contributed by atoms with Crippen LogP contribution in [0.5, 0.6) is 0 Å². The summed E-state index contributed by atoms with van der Waals surface area (Å²) >= 11 is 0. The van der Waals surface area contributed by atoms with Crippen molar-refractivity contribution in [3.8, 4) is 0 Å². The number of hydrogen-bond acceptors (Lipinski definition) is 7. The molecule has 1 heterocycles. The van der Waals surface area contributed by atoms with Gasteiger partial charge in [0.1, 0.15) is 24.2 Å². The Morgan fingerprint density at radius 2 is 1.62 bits per heavy atom. The van der Waals surface area contributed by atoms with Gasteiger partial charge in [-0.1, -0.05) is 18.2 Å². The summed E-state index contributed by atoms with van der Waals surface area (Å²) in [7, 11) is 0. The molecule has 1 aromatic carbocycles. The molecule has 0 fully saturated rings. The number of rotatable bonds is 12. The molecule has 0 aliphatic carbocycles. The van der Waals surface area contributed by atoms with Crippen molar-refractivity contribution in [3.63, 3.8) is 0 Å². The monoisotopic (exact) mass is 477 g/mol. The van der Waals surface area contributed by atoms with Crippen molar-refractivity contribution in [2.75, 3.05) is 6.61 Å². The van der Waals surface area contributed by atoms with E-state index in [1.54, 1.807) is 30.5 Å². The summed E-state index contributed by atoms with van der Waals surface area (Å²) in [5.74, 6) is -5.51. The Morgan fingerprint density at radius 3 is 2.24 bits per heavy atom. The highest BCUT2D eigenvalue weighted by Crippen LogP contribution is 2.19. The summed E-state index contributed by atoms with van der Waals surface area (Å²) in [6.45, 7) is 0.612. The largest absolute Gasteiger partial charge is 0.481 e. The number of carboxylic acid groups (broad SMARTS) is 2. The Morgan fingerprint density at radius 1 is 0.971 bits per heavy atom. The van der Waals surface area contributed by atoms with E-state index in [1.165, 1.54) is 6.92 Å². The smallest absolute Gasteiger partial charge is 0.326 e. The zero-order chi connectivity index (χ0) is 25.4. The number of H-pyrrole nitrogens is 1. The van der Waals surface area contributed by atoms with Gasteiger partial charge in [-0.2, -0.15) is 0 Å². The van der Waals surface area contributed by atoms with E-state index in [0.29, 0.717) is 5.56 Å². The van der Waals surface area contributed by atoms with Crippen molar-refractivity contribution in [2.24, 2.45) is 5.73 Å². The maximum absolute atomic E-state index is 12.7. The highest BCUT2D eigenvalue weighted by atomic mass is 16.4. The number of carboxylic acids is 2. The van der Waals surface area contributed by atoms with Crippen LogP contribution in [0, 0.1) is 0 Å². The number of carbonyl (C=O) groups is 5. The topological polar surface area (TPSA) is 224 Å². The average molecular weight is 477 g/mol. The van der Waals surface area contributed by atoms with Crippen LogP contribution in [0.25, 0.3) is 10.9 Å². The molecule has 184 valence electrons. The zero-order valence-electron chi connectivity index (χ0n) is 18.3. The number of aliphatic carboxylic acids is 2. The molecule has 0 saturated carbocycles. The van der Waals surface area contributed by atoms with Crippen LogP contribution >= 0.6 is 0 Å². The number of aromatic amines is 1. The Balaban J connectivity index is 2.11. The number of nitrogens with one attached hydrogen (secondary N) is 4. The van der Waals surface area contributed by atoms with Crippen LogP contribution in [0.4, 0.5) is 0 Å². The number of fused-ring (bicyclic) bond motifs is 1. The van der Waals surface area contributed by atoms with Crippen molar-refractivity contribution < 1.29 is 39.3 Å². The lowest BCUT2D eigenvalue weighted by atomic mass is 10.0. The number of benzene rings is 1. The second-order valence-electron chi connectivity index (χ2n) is 7.64. The Bertz CT molecular complexity index is 1070. The van der Waals surface area contributed by atoms with Crippen molar-refractivity contribution in [1.29, 1.82) is 0 Å². The third kappa shape index (κ3) is 7.02. The molecule has 34 heavy (non-hydrogen) atoms. The lowest BCUT2D eigenvalue weighted by molar-refractivity contribution is -0.143. The Kier molecular flexibility index (Phi) is 9.10. The summed E-state index contributed by atoms with van der Waals surface area (Å²) in [5, 5.41) is 35.1. The number of nitrogens with two attached hydrogens (primary N) is 1. The number of hydrogen-bond donors (Lipinski definition) is 8. The van der Waals surface area contributed by atoms with Gasteiger partial charge in [0.25, 0.3) is 0 Å². The normalized spacial score (nSPS) is 14.4. The van der Waals surface area contributed by atoms with Gasteiger partial charge in [0, 0.05) is 23.5 Å². The molecule has 9 N–H and O–H groups in total. The maximum Gasteiger partial charge on any atom is 0.326 e. The second-order valence-corrected chi connectivity index (χ2v) is 7.64. The molecule has 0 bridgehead atoms. The number of aromatic nitrogens is 1. The number of aliphatic hydroxyl groups is 1. The fourth-order valence-corrected chi connectivity index (χ4v) is 3.14. The minimum absolute atomic E-state index is 0.0929. The number of para-hydroxylation sites is 1. The minimum Gasteiger partial charge on any atom is -0.481 e. The third-order valence-corrected chi connectivity index (χ3v) is 5.01. The molecule has 13 nitrogen and oxygen atoms in total. The summed E-state index contributed by atoms with van der Waals surface area (Å²) in [6.07, 6.45) is 0.697. The van der Waals surface area contributed by atoms with Crippen molar-refractivity contribution in [3.05, 3.63) is 36.0 Å². The quantitative estimate of drug-likeness (QED) is 0.170. The Hall–Kier alpha value is -3.97. The first-order valence-corrected chi connectivity index (χ1v) is 10.3. The predicted octanol–water partition coefficient (Wildman–Crippen LogP) is -1.94. The zero-order valence-corrected chi connectivity index (χ0v) is 18.3. The molecule has 4 atom stereocenters. The van der Waals surface area contributed by atoms with E-state index in [4.69, 9.17) is 15.9 Å². The van der Waals surface area contributed by atoms with Gasteiger partial charge in [0.15, 0.2) is 0 Å².